The standard InChI is InChI=1S/C28H34Cl2N4O5S/c1-16-13-33(15-25(36)32-26-19-5-17-6-20(26)11-28(9-17,10-19)12-24(31)35)40(37,38)34(14-16)27-21(29)7-18(8-22(27)30)23-3-2-4-39-23/h2-4,7-8,16-17,19-20,26H,5-6,9-15H2,1H3,(H2,31,35)(H,32,36). The Bertz CT molecular complexity index is 1390. The van der Waals surface area contributed by atoms with E-state index in [2.05, 4.69) is 5.32 Å². The van der Waals surface area contributed by atoms with Gasteiger partial charge < -0.3 is 15.5 Å². The number of furan rings is 1. The van der Waals surface area contributed by atoms with Gasteiger partial charge in [0.05, 0.1) is 28.5 Å². The van der Waals surface area contributed by atoms with Gasteiger partial charge in [-0.25, -0.2) is 0 Å². The van der Waals surface area contributed by atoms with Crippen LogP contribution in [0.3, 0.4) is 0 Å². The van der Waals surface area contributed by atoms with Gasteiger partial charge in [0.1, 0.15) is 5.76 Å². The molecule has 3 N–H and O–H groups in total. The summed E-state index contributed by atoms with van der Waals surface area (Å²) in [4.78, 5) is 25.1. The van der Waals surface area contributed by atoms with E-state index in [4.69, 9.17) is 33.4 Å². The van der Waals surface area contributed by atoms with Gasteiger partial charge in [-0.3, -0.25) is 13.9 Å². The maximum atomic E-state index is 13.8. The molecule has 12 heteroatoms. The number of anilines is 1. The normalized spacial score (nSPS) is 32.8. The van der Waals surface area contributed by atoms with Gasteiger partial charge in [-0.1, -0.05) is 30.1 Å². The number of primary amides is 1. The van der Waals surface area contributed by atoms with Crippen LogP contribution >= 0.6 is 23.2 Å². The molecular weight excluding hydrogens is 575 g/mol. The SMILES string of the molecule is CC1CN(CC(=O)NC2C3CC4CC2CC(CC(N)=O)(C4)C3)S(=O)(=O)N(c2c(Cl)cc(-c3ccco3)cc2Cl)C1. The third-order valence-corrected chi connectivity index (χ3v) is 11.7. The number of nitrogens with one attached hydrogen (secondary N) is 1. The van der Waals surface area contributed by atoms with E-state index < -0.39 is 10.2 Å². The molecule has 1 saturated heterocycles. The Labute approximate surface area is 244 Å². The van der Waals surface area contributed by atoms with Gasteiger partial charge in [-0.05, 0) is 85.5 Å². The second-order valence-electron chi connectivity index (χ2n) is 12.4. The first-order valence-electron chi connectivity index (χ1n) is 13.8. The largest absolute Gasteiger partial charge is 0.464 e. The molecule has 4 saturated carbocycles. The minimum absolute atomic E-state index is 0.0101. The second kappa shape index (κ2) is 10.2. The van der Waals surface area contributed by atoms with Crippen molar-refractivity contribution in [3.63, 3.8) is 0 Å². The lowest BCUT2D eigenvalue weighted by molar-refractivity contribution is -0.134. The summed E-state index contributed by atoms with van der Waals surface area (Å²) in [7, 11) is -4.08. The molecular formula is C28H34Cl2N4O5S. The van der Waals surface area contributed by atoms with E-state index in [9.17, 15) is 18.0 Å². The fraction of sp³-hybridized carbons (Fsp3) is 0.571. The van der Waals surface area contributed by atoms with Gasteiger partial charge in [0, 0.05) is 31.1 Å². The molecule has 5 aliphatic rings. The van der Waals surface area contributed by atoms with Gasteiger partial charge in [-0.2, -0.15) is 12.7 Å². The highest BCUT2D eigenvalue weighted by molar-refractivity contribution is 7.90. The number of carbonyl (C=O) groups is 2. The van der Waals surface area contributed by atoms with E-state index >= 15 is 0 Å². The van der Waals surface area contributed by atoms with Crippen molar-refractivity contribution in [3.05, 3.63) is 40.6 Å². The number of rotatable bonds is 7. The van der Waals surface area contributed by atoms with Crippen molar-refractivity contribution in [2.45, 2.75) is 51.5 Å². The van der Waals surface area contributed by atoms with Crippen LogP contribution in [0.2, 0.25) is 10.0 Å². The molecule has 4 aliphatic carbocycles. The molecule has 0 radical (unpaired) electrons. The average molecular weight is 610 g/mol. The molecule has 1 aromatic carbocycles. The van der Waals surface area contributed by atoms with E-state index in [1.54, 1.807) is 24.3 Å². The van der Waals surface area contributed by atoms with Crippen molar-refractivity contribution < 1.29 is 22.4 Å². The smallest absolute Gasteiger partial charge is 0.304 e. The average Bonchev–Trinajstić information content (AvgIpc) is 3.38. The molecule has 1 aliphatic heterocycles. The van der Waals surface area contributed by atoms with Gasteiger partial charge in [0.25, 0.3) is 0 Å². The van der Waals surface area contributed by atoms with Gasteiger partial charge >= 0.3 is 10.2 Å². The molecule has 2 aromatic rings. The van der Waals surface area contributed by atoms with Crippen molar-refractivity contribution in [1.29, 1.82) is 0 Å². The van der Waals surface area contributed by atoms with Crippen LogP contribution in [0.4, 0.5) is 5.69 Å². The van der Waals surface area contributed by atoms with Crippen LogP contribution < -0.4 is 15.4 Å². The number of halogens is 2. The number of hydrogen-bond donors (Lipinski definition) is 2. The molecule has 40 heavy (non-hydrogen) atoms. The molecule has 216 valence electrons. The summed E-state index contributed by atoms with van der Waals surface area (Å²) >= 11 is 13.2. The quantitative estimate of drug-likeness (QED) is 0.480. The fourth-order valence-electron chi connectivity index (χ4n) is 8.16. The Morgan fingerprint density at radius 2 is 1.80 bits per heavy atom. The molecule has 4 bridgehead atoms. The van der Waals surface area contributed by atoms with Crippen molar-refractivity contribution in [2.24, 2.45) is 34.8 Å². The third-order valence-electron chi connectivity index (χ3n) is 9.27. The minimum atomic E-state index is -4.08. The second-order valence-corrected chi connectivity index (χ2v) is 15.1. The Morgan fingerprint density at radius 3 is 2.40 bits per heavy atom. The topological polar surface area (TPSA) is 126 Å². The Morgan fingerprint density at radius 1 is 1.12 bits per heavy atom. The maximum absolute atomic E-state index is 13.8. The summed E-state index contributed by atoms with van der Waals surface area (Å²) in [5.41, 5.74) is 6.36. The summed E-state index contributed by atoms with van der Waals surface area (Å²) in [5, 5.41) is 3.55. The van der Waals surface area contributed by atoms with E-state index in [0.717, 1.165) is 32.1 Å². The van der Waals surface area contributed by atoms with Crippen LogP contribution in [-0.4, -0.2) is 50.2 Å². The van der Waals surface area contributed by atoms with E-state index in [0.29, 0.717) is 23.7 Å². The van der Waals surface area contributed by atoms with Crippen LogP contribution in [0, 0.1) is 29.1 Å². The van der Waals surface area contributed by atoms with Crippen molar-refractivity contribution in [2.75, 3.05) is 23.9 Å². The highest BCUT2D eigenvalue weighted by Crippen LogP contribution is 2.61. The molecule has 3 unspecified atom stereocenters. The summed E-state index contributed by atoms with van der Waals surface area (Å²) in [6.45, 7) is 2.06. The summed E-state index contributed by atoms with van der Waals surface area (Å²) in [5.74, 6) is 1.06. The van der Waals surface area contributed by atoms with Crippen molar-refractivity contribution >= 4 is 50.9 Å². The Balaban J connectivity index is 1.18. The van der Waals surface area contributed by atoms with Crippen molar-refractivity contribution in [3.8, 4) is 11.3 Å². The molecule has 2 amide bonds. The summed E-state index contributed by atoms with van der Waals surface area (Å²) in [6, 6.07) is 6.76. The zero-order valence-electron chi connectivity index (χ0n) is 22.3. The summed E-state index contributed by atoms with van der Waals surface area (Å²) in [6.07, 6.45) is 6.80. The van der Waals surface area contributed by atoms with E-state index in [1.807, 2.05) is 6.92 Å². The number of nitrogens with zero attached hydrogens (tertiary/aromatic N) is 2. The molecule has 5 fully saturated rings. The minimum Gasteiger partial charge on any atom is -0.464 e. The van der Waals surface area contributed by atoms with Crippen LogP contribution in [0.5, 0.6) is 0 Å². The van der Waals surface area contributed by atoms with Gasteiger partial charge in [0.15, 0.2) is 0 Å². The van der Waals surface area contributed by atoms with Crippen LogP contribution in [0.1, 0.15) is 45.4 Å². The molecule has 1 aromatic heterocycles. The lowest BCUT2D eigenvalue weighted by Crippen LogP contribution is -2.61. The summed E-state index contributed by atoms with van der Waals surface area (Å²) < 4.78 is 35.4. The highest BCUT2D eigenvalue weighted by atomic mass is 35.5. The van der Waals surface area contributed by atoms with Crippen LogP contribution in [-0.2, 0) is 19.8 Å². The lowest BCUT2D eigenvalue weighted by Gasteiger charge is -2.60. The molecule has 7 rings (SSSR count). The first-order chi connectivity index (χ1) is 18.9. The predicted molar refractivity (Wildman–Crippen MR) is 153 cm³/mol. The van der Waals surface area contributed by atoms with Gasteiger partial charge in [-0.15, -0.1) is 0 Å². The Kier molecular flexibility index (Phi) is 7.12. The van der Waals surface area contributed by atoms with Crippen molar-refractivity contribution in [1.82, 2.24) is 9.62 Å². The van der Waals surface area contributed by atoms with E-state index in [1.165, 1.54) is 14.9 Å². The first-order valence-corrected chi connectivity index (χ1v) is 16.0. The zero-order valence-corrected chi connectivity index (χ0v) is 24.6. The van der Waals surface area contributed by atoms with Gasteiger partial charge in [0.2, 0.25) is 11.8 Å². The molecule has 2 heterocycles. The molecule has 9 nitrogen and oxygen atoms in total. The number of nitrogens with two attached hydrogens (primary N) is 1. The Hall–Kier alpha value is -2.27. The highest BCUT2D eigenvalue weighted by Gasteiger charge is 2.56. The third kappa shape index (κ3) is 5.01. The number of carbonyl (C=O) groups excluding carboxylic acids is 2. The van der Waals surface area contributed by atoms with E-state index in [-0.39, 0.29) is 76.4 Å². The number of amides is 2. The van der Waals surface area contributed by atoms with Crippen LogP contribution in [0.25, 0.3) is 11.3 Å². The monoisotopic (exact) mass is 608 g/mol. The van der Waals surface area contributed by atoms with Crippen LogP contribution in [0.15, 0.2) is 34.9 Å². The maximum Gasteiger partial charge on any atom is 0.304 e. The lowest BCUT2D eigenvalue weighted by atomic mass is 9.47. The number of hydrogen-bond acceptors (Lipinski definition) is 5. The number of benzene rings is 1. The molecule has 0 spiro atoms. The predicted octanol–water partition coefficient (Wildman–Crippen LogP) is 4.44. The zero-order chi connectivity index (χ0) is 28.4. The fourth-order valence-corrected chi connectivity index (χ4v) is 10.8. The molecule has 3 atom stereocenters. The first kappa shape index (κ1) is 27.9.